The molecule has 0 saturated carbocycles. The number of pyridine rings is 1. The van der Waals surface area contributed by atoms with Crippen molar-refractivity contribution in [3.8, 4) is 5.75 Å². The number of H-pyrrole nitrogens is 1. The smallest absolute Gasteiger partial charge is 0.256 e. The standard InChI is InChI=1S/C22H28N2O2/c1-3-13-24(14-4-2)15-8-16-26-20-12-7-11-19-21(20)17-9-5-6-10-18(17)22(25)23-19/h5-7,9-12H,3-4,8,13-16H2,1-2H3,(H,23,25). The number of hydrogen-bond donors (Lipinski definition) is 1. The van der Waals surface area contributed by atoms with E-state index in [2.05, 4.69) is 23.7 Å². The number of nitrogens with one attached hydrogen (secondary N) is 1. The van der Waals surface area contributed by atoms with Crippen LogP contribution in [-0.4, -0.2) is 36.1 Å². The SMILES string of the molecule is CCCN(CCC)CCCOc1cccc2[nH]c(=O)c3ccccc3c12. The molecule has 2 aromatic carbocycles. The highest BCUT2D eigenvalue weighted by Gasteiger charge is 2.10. The molecule has 0 saturated heterocycles. The van der Waals surface area contributed by atoms with Gasteiger partial charge in [0.05, 0.1) is 12.1 Å². The van der Waals surface area contributed by atoms with Gasteiger partial charge in [0.25, 0.3) is 5.56 Å². The van der Waals surface area contributed by atoms with Gasteiger partial charge in [-0.15, -0.1) is 0 Å². The van der Waals surface area contributed by atoms with E-state index in [1.807, 2.05) is 42.5 Å². The minimum absolute atomic E-state index is 0.0555. The molecule has 0 amide bonds. The molecule has 4 nitrogen and oxygen atoms in total. The van der Waals surface area contributed by atoms with Crippen LogP contribution >= 0.6 is 0 Å². The van der Waals surface area contributed by atoms with Crippen molar-refractivity contribution in [1.29, 1.82) is 0 Å². The molecule has 3 aromatic rings. The van der Waals surface area contributed by atoms with Crippen LogP contribution in [0.2, 0.25) is 0 Å². The quantitative estimate of drug-likeness (QED) is 0.453. The molecule has 1 N–H and O–H groups in total. The van der Waals surface area contributed by atoms with E-state index >= 15 is 0 Å². The van der Waals surface area contributed by atoms with E-state index in [-0.39, 0.29) is 5.56 Å². The Kier molecular flexibility index (Phi) is 6.29. The minimum Gasteiger partial charge on any atom is -0.493 e. The summed E-state index contributed by atoms with van der Waals surface area (Å²) in [7, 11) is 0. The van der Waals surface area contributed by atoms with Gasteiger partial charge in [-0.25, -0.2) is 0 Å². The third kappa shape index (κ3) is 4.07. The lowest BCUT2D eigenvalue weighted by molar-refractivity contribution is 0.235. The van der Waals surface area contributed by atoms with Crippen molar-refractivity contribution in [3.05, 3.63) is 52.8 Å². The van der Waals surface area contributed by atoms with E-state index in [1.165, 1.54) is 12.8 Å². The number of ether oxygens (including phenoxy) is 1. The lowest BCUT2D eigenvalue weighted by Crippen LogP contribution is -2.27. The van der Waals surface area contributed by atoms with Gasteiger partial charge in [0.2, 0.25) is 0 Å². The second-order valence-corrected chi connectivity index (χ2v) is 6.72. The molecule has 3 rings (SSSR count). The van der Waals surface area contributed by atoms with E-state index in [4.69, 9.17) is 4.74 Å². The highest BCUT2D eigenvalue weighted by Crippen LogP contribution is 2.30. The van der Waals surface area contributed by atoms with Crippen LogP contribution < -0.4 is 10.3 Å². The van der Waals surface area contributed by atoms with Crippen LogP contribution in [0.15, 0.2) is 47.3 Å². The van der Waals surface area contributed by atoms with Crippen LogP contribution in [0.4, 0.5) is 0 Å². The predicted molar refractivity (Wildman–Crippen MR) is 109 cm³/mol. The molecule has 138 valence electrons. The third-order valence-electron chi connectivity index (χ3n) is 4.67. The molecule has 0 unspecified atom stereocenters. The zero-order valence-electron chi connectivity index (χ0n) is 15.8. The summed E-state index contributed by atoms with van der Waals surface area (Å²) in [6, 6.07) is 13.6. The Morgan fingerprint density at radius 2 is 1.65 bits per heavy atom. The van der Waals surface area contributed by atoms with Gasteiger partial charge in [0, 0.05) is 22.7 Å². The zero-order chi connectivity index (χ0) is 18.4. The summed E-state index contributed by atoms with van der Waals surface area (Å²) in [4.78, 5) is 17.7. The molecule has 1 aromatic heterocycles. The molecule has 0 radical (unpaired) electrons. The van der Waals surface area contributed by atoms with Gasteiger partial charge in [-0.05, 0) is 50.6 Å². The lowest BCUT2D eigenvalue weighted by atomic mass is 10.1. The zero-order valence-corrected chi connectivity index (χ0v) is 15.8. The molecule has 0 fully saturated rings. The van der Waals surface area contributed by atoms with Crippen LogP contribution in [0.1, 0.15) is 33.1 Å². The number of benzene rings is 2. The molecule has 0 bridgehead atoms. The minimum atomic E-state index is -0.0555. The third-order valence-corrected chi connectivity index (χ3v) is 4.67. The van der Waals surface area contributed by atoms with Crippen LogP contribution in [-0.2, 0) is 0 Å². The van der Waals surface area contributed by atoms with Gasteiger partial charge in [0.15, 0.2) is 0 Å². The highest BCUT2D eigenvalue weighted by atomic mass is 16.5. The van der Waals surface area contributed by atoms with Gasteiger partial charge in [0.1, 0.15) is 5.75 Å². The molecule has 26 heavy (non-hydrogen) atoms. The largest absolute Gasteiger partial charge is 0.493 e. The summed E-state index contributed by atoms with van der Waals surface area (Å²) in [6.45, 7) is 8.48. The first kappa shape index (κ1) is 18.5. The van der Waals surface area contributed by atoms with Crippen molar-refractivity contribution in [3.63, 3.8) is 0 Å². The number of rotatable bonds is 9. The van der Waals surface area contributed by atoms with Crippen LogP contribution in [0.5, 0.6) is 5.75 Å². The first-order valence-corrected chi connectivity index (χ1v) is 9.63. The first-order chi connectivity index (χ1) is 12.7. The number of aromatic amines is 1. The molecule has 0 aliphatic carbocycles. The molecule has 0 atom stereocenters. The van der Waals surface area contributed by atoms with Gasteiger partial charge < -0.3 is 14.6 Å². The van der Waals surface area contributed by atoms with Crippen molar-refractivity contribution in [1.82, 2.24) is 9.88 Å². The first-order valence-electron chi connectivity index (χ1n) is 9.63. The molecule has 0 spiro atoms. The monoisotopic (exact) mass is 352 g/mol. The number of aromatic nitrogens is 1. The van der Waals surface area contributed by atoms with E-state index < -0.39 is 0 Å². The Hall–Kier alpha value is -2.33. The number of fused-ring (bicyclic) bond motifs is 3. The van der Waals surface area contributed by atoms with Crippen molar-refractivity contribution in [2.24, 2.45) is 0 Å². The fourth-order valence-corrected chi connectivity index (χ4v) is 3.56. The molecule has 0 aliphatic rings. The lowest BCUT2D eigenvalue weighted by Gasteiger charge is -2.21. The number of nitrogens with zero attached hydrogens (tertiary/aromatic N) is 1. The second-order valence-electron chi connectivity index (χ2n) is 6.72. The van der Waals surface area contributed by atoms with E-state index in [0.29, 0.717) is 12.0 Å². The Labute approximate surface area is 154 Å². The summed E-state index contributed by atoms with van der Waals surface area (Å²) in [5, 5.41) is 2.63. The fourth-order valence-electron chi connectivity index (χ4n) is 3.56. The predicted octanol–water partition coefficient (Wildman–Crippen LogP) is 4.57. The topological polar surface area (TPSA) is 45.3 Å². The Bertz CT molecular complexity index is 911. The van der Waals surface area contributed by atoms with Crippen molar-refractivity contribution in [2.75, 3.05) is 26.2 Å². The van der Waals surface area contributed by atoms with Crippen molar-refractivity contribution >= 4 is 21.7 Å². The summed E-state index contributed by atoms with van der Waals surface area (Å²) in [5.74, 6) is 0.840. The maximum absolute atomic E-state index is 12.3. The second kappa shape index (κ2) is 8.86. The van der Waals surface area contributed by atoms with Crippen molar-refractivity contribution in [2.45, 2.75) is 33.1 Å². The normalized spacial score (nSPS) is 11.5. The summed E-state index contributed by atoms with van der Waals surface area (Å²) < 4.78 is 6.13. The van der Waals surface area contributed by atoms with Crippen LogP contribution in [0.25, 0.3) is 21.7 Å². The van der Waals surface area contributed by atoms with Gasteiger partial charge in [-0.2, -0.15) is 0 Å². The Morgan fingerprint density at radius 1 is 0.923 bits per heavy atom. The summed E-state index contributed by atoms with van der Waals surface area (Å²) in [6.07, 6.45) is 3.37. The van der Waals surface area contributed by atoms with Crippen molar-refractivity contribution < 1.29 is 4.74 Å². The molecule has 1 heterocycles. The van der Waals surface area contributed by atoms with Crippen LogP contribution in [0, 0.1) is 0 Å². The van der Waals surface area contributed by atoms with E-state index in [9.17, 15) is 4.79 Å². The van der Waals surface area contributed by atoms with E-state index in [0.717, 1.165) is 48.1 Å². The summed E-state index contributed by atoms with van der Waals surface area (Å²) >= 11 is 0. The van der Waals surface area contributed by atoms with Crippen LogP contribution in [0.3, 0.4) is 0 Å². The highest BCUT2D eigenvalue weighted by molar-refractivity contribution is 6.08. The average molecular weight is 352 g/mol. The molecule has 4 heteroatoms. The molecular weight excluding hydrogens is 324 g/mol. The fraction of sp³-hybridized carbons (Fsp3) is 0.409. The number of hydrogen-bond acceptors (Lipinski definition) is 3. The van der Waals surface area contributed by atoms with E-state index in [1.54, 1.807) is 0 Å². The molecule has 0 aliphatic heterocycles. The summed E-state index contributed by atoms with van der Waals surface area (Å²) in [5.41, 5.74) is 0.768. The Morgan fingerprint density at radius 3 is 2.38 bits per heavy atom. The van der Waals surface area contributed by atoms with Gasteiger partial charge >= 0.3 is 0 Å². The average Bonchev–Trinajstić information content (AvgIpc) is 2.65. The maximum Gasteiger partial charge on any atom is 0.256 e. The molecular formula is C22H28N2O2. The van der Waals surface area contributed by atoms with Gasteiger partial charge in [-0.3, -0.25) is 4.79 Å². The maximum atomic E-state index is 12.3. The van der Waals surface area contributed by atoms with Gasteiger partial charge in [-0.1, -0.05) is 38.1 Å². The Balaban J connectivity index is 1.78.